The van der Waals surface area contributed by atoms with Crippen LogP contribution >= 0.6 is 11.6 Å². The zero-order chi connectivity index (χ0) is 20.2. The Labute approximate surface area is 164 Å². The van der Waals surface area contributed by atoms with Gasteiger partial charge in [0.2, 0.25) is 10.0 Å². The number of anilines is 1. The second-order valence-corrected chi connectivity index (χ2v) is 8.38. The number of carbonyl (C=O) groups is 1. The van der Waals surface area contributed by atoms with E-state index in [-0.39, 0.29) is 22.3 Å². The molecule has 8 heteroatoms. The molecular weight excluding hydrogens is 388 g/mol. The van der Waals surface area contributed by atoms with Crippen molar-refractivity contribution in [2.45, 2.75) is 38.6 Å². The molecule has 0 aliphatic rings. The fourth-order valence-electron chi connectivity index (χ4n) is 2.38. The molecule has 0 saturated heterocycles. The van der Waals surface area contributed by atoms with Crippen LogP contribution in [0.4, 0.5) is 5.69 Å². The van der Waals surface area contributed by atoms with Crippen molar-refractivity contribution in [3.05, 3.63) is 52.5 Å². The summed E-state index contributed by atoms with van der Waals surface area (Å²) in [7, 11) is -3.83. The highest BCUT2D eigenvalue weighted by Gasteiger charge is 2.23. The minimum absolute atomic E-state index is 0.0763. The predicted octanol–water partition coefficient (Wildman–Crippen LogP) is 3.99. The van der Waals surface area contributed by atoms with E-state index in [1.54, 1.807) is 39.0 Å². The standard InChI is InChI=1S/C19H23ClN2O4S/c1-5-26-17-9-7-14(10-18(17)27(24,25)22-12(2)3)19(23)21-15-8-6-13(4)16(20)11-15/h6-12,22H,5H2,1-4H3,(H,21,23). The van der Waals surface area contributed by atoms with Gasteiger partial charge in [0.15, 0.2) is 0 Å². The molecule has 0 aliphatic heterocycles. The van der Waals surface area contributed by atoms with Crippen molar-refractivity contribution >= 4 is 33.2 Å². The van der Waals surface area contributed by atoms with Crippen LogP contribution in [-0.2, 0) is 10.0 Å². The van der Waals surface area contributed by atoms with Gasteiger partial charge in [-0.1, -0.05) is 17.7 Å². The van der Waals surface area contributed by atoms with Gasteiger partial charge in [0.05, 0.1) is 6.61 Å². The topological polar surface area (TPSA) is 84.5 Å². The number of halogens is 1. The molecule has 0 spiro atoms. The molecule has 0 heterocycles. The van der Waals surface area contributed by atoms with Crippen LogP contribution in [0, 0.1) is 6.92 Å². The molecule has 0 fully saturated rings. The van der Waals surface area contributed by atoms with Crippen LogP contribution < -0.4 is 14.8 Å². The molecule has 27 heavy (non-hydrogen) atoms. The molecule has 0 radical (unpaired) electrons. The first-order chi connectivity index (χ1) is 12.6. The van der Waals surface area contributed by atoms with E-state index in [0.29, 0.717) is 17.3 Å². The average molecular weight is 411 g/mol. The summed E-state index contributed by atoms with van der Waals surface area (Å²) in [5, 5.41) is 3.25. The molecule has 0 unspecified atom stereocenters. The van der Waals surface area contributed by atoms with Crippen molar-refractivity contribution in [3.63, 3.8) is 0 Å². The number of sulfonamides is 1. The number of benzene rings is 2. The minimum atomic E-state index is -3.83. The Kier molecular flexibility index (Phi) is 6.86. The van der Waals surface area contributed by atoms with Crippen molar-refractivity contribution in [2.75, 3.05) is 11.9 Å². The third kappa shape index (κ3) is 5.45. The third-order valence-electron chi connectivity index (χ3n) is 3.62. The van der Waals surface area contributed by atoms with Crippen molar-refractivity contribution in [3.8, 4) is 5.75 Å². The molecular formula is C19H23ClN2O4S. The predicted molar refractivity (Wildman–Crippen MR) is 107 cm³/mol. The number of carbonyl (C=O) groups excluding carboxylic acids is 1. The molecule has 2 aromatic rings. The molecule has 2 rings (SSSR count). The molecule has 1 amide bonds. The maximum atomic E-state index is 12.6. The van der Waals surface area contributed by atoms with Gasteiger partial charge in [-0.25, -0.2) is 13.1 Å². The lowest BCUT2D eigenvalue weighted by Gasteiger charge is -2.15. The fourth-order valence-corrected chi connectivity index (χ4v) is 3.98. The Hall–Kier alpha value is -2.09. The van der Waals surface area contributed by atoms with Gasteiger partial charge in [-0.15, -0.1) is 0 Å². The summed E-state index contributed by atoms with van der Waals surface area (Å²) in [5.41, 5.74) is 1.61. The van der Waals surface area contributed by atoms with Crippen LogP contribution in [-0.4, -0.2) is 27.0 Å². The number of nitrogens with one attached hydrogen (secondary N) is 2. The summed E-state index contributed by atoms with van der Waals surface area (Å²) in [5.74, 6) is -0.250. The van der Waals surface area contributed by atoms with Crippen LogP contribution in [0.3, 0.4) is 0 Å². The van der Waals surface area contributed by atoms with Crippen LogP contribution in [0.15, 0.2) is 41.3 Å². The average Bonchev–Trinajstić information content (AvgIpc) is 2.57. The van der Waals surface area contributed by atoms with E-state index in [2.05, 4.69) is 10.0 Å². The fraction of sp³-hybridized carbons (Fsp3) is 0.316. The van der Waals surface area contributed by atoms with Gasteiger partial charge in [0.25, 0.3) is 5.91 Å². The smallest absolute Gasteiger partial charge is 0.255 e. The van der Waals surface area contributed by atoms with Crippen LogP contribution in [0.5, 0.6) is 5.75 Å². The highest BCUT2D eigenvalue weighted by molar-refractivity contribution is 7.89. The van der Waals surface area contributed by atoms with Gasteiger partial charge in [0, 0.05) is 22.3 Å². The van der Waals surface area contributed by atoms with Gasteiger partial charge >= 0.3 is 0 Å². The SMILES string of the molecule is CCOc1ccc(C(=O)Nc2ccc(C)c(Cl)c2)cc1S(=O)(=O)NC(C)C. The first-order valence-electron chi connectivity index (χ1n) is 8.50. The van der Waals surface area contributed by atoms with Crippen LogP contribution in [0.1, 0.15) is 36.7 Å². The largest absolute Gasteiger partial charge is 0.492 e. The Bertz CT molecular complexity index is 943. The number of ether oxygens (including phenoxy) is 1. The van der Waals surface area contributed by atoms with E-state index < -0.39 is 15.9 Å². The minimum Gasteiger partial charge on any atom is -0.492 e. The molecule has 2 N–H and O–H groups in total. The summed E-state index contributed by atoms with van der Waals surface area (Å²) in [6.07, 6.45) is 0. The summed E-state index contributed by atoms with van der Waals surface area (Å²) < 4.78 is 33.2. The van der Waals surface area contributed by atoms with E-state index in [1.807, 2.05) is 6.92 Å². The second kappa shape index (κ2) is 8.73. The van der Waals surface area contributed by atoms with Gasteiger partial charge in [-0.2, -0.15) is 0 Å². The van der Waals surface area contributed by atoms with Crippen molar-refractivity contribution in [1.82, 2.24) is 4.72 Å². The summed E-state index contributed by atoms with van der Waals surface area (Å²) in [6.45, 7) is 7.36. The number of amides is 1. The highest BCUT2D eigenvalue weighted by Crippen LogP contribution is 2.26. The van der Waals surface area contributed by atoms with Gasteiger partial charge in [-0.3, -0.25) is 4.79 Å². The monoisotopic (exact) mass is 410 g/mol. The molecule has 6 nitrogen and oxygen atoms in total. The van der Waals surface area contributed by atoms with Crippen LogP contribution in [0.2, 0.25) is 5.02 Å². The molecule has 2 aromatic carbocycles. The summed E-state index contributed by atoms with van der Waals surface area (Å²) in [6, 6.07) is 9.17. The summed E-state index contributed by atoms with van der Waals surface area (Å²) >= 11 is 6.08. The second-order valence-electron chi connectivity index (χ2n) is 6.29. The zero-order valence-electron chi connectivity index (χ0n) is 15.7. The molecule has 0 saturated carbocycles. The number of hydrogen-bond donors (Lipinski definition) is 2. The van der Waals surface area contributed by atoms with Gasteiger partial charge in [0.1, 0.15) is 10.6 Å². The summed E-state index contributed by atoms with van der Waals surface area (Å²) in [4.78, 5) is 12.5. The van der Waals surface area contributed by atoms with E-state index >= 15 is 0 Å². The number of hydrogen-bond acceptors (Lipinski definition) is 4. The molecule has 0 aromatic heterocycles. The van der Waals surface area contributed by atoms with E-state index in [4.69, 9.17) is 16.3 Å². The number of rotatable bonds is 7. The maximum Gasteiger partial charge on any atom is 0.255 e. The van der Waals surface area contributed by atoms with Gasteiger partial charge in [-0.05, 0) is 63.6 Å². The lowest BCUT2D eigenvalue weighted by Crippen LogP contribution is -2.30. The van der Waals surface area contributed by atoms with E-state index in [1.165, 1.54) is 18.2 Å². The molecule has 0 bridgehead atoms. The Morgan fingerprint density at radius 3 is 2.48 bits per heavy atom. The van der Waals surface area contributed by atoms with E-state index in [9.17, 15) is 13.2 Å². The lowest BCUT2D eigenvalue weighted by atomic mass is 10.2. The zero-order valence-corrected chi connectivity index (χ0v) is 17.2. The molecule has 0 atom stereocenters. The Morgan fingerprint density at radius 2 is 1.89 bits per heavy atom. The Balaban J connectivity index is 2.38. The normalized spacial score (nSPS) is 11.5. The first kappa shape index (κ1) is 21.2. The Morgan fingerprint density at radius 1 is 1.19 bits per heavy atom. The van der Waals surface area contributed by atoms with Crippen molar-refractivity contribution in [2.24, 2.45) is 0 Å². The number of aryl methyl sites for hydroxylation is 1. The first-order valence-corrected chi connectivity index (χ1v) is 10.4. The van der Waals surface area contributed by atoms with Crippen molar-refractivity contribution in [1.29, 1.82) is 0 Å². The van der Waals surface area contributed by atoms with Crippen molar-refractivity contribution < 1.29 is 17.9 Å². The van der Waals surface area contributed by atoms with Crippen LogP contribution in [0.25, 0.3) is 0 Å². The lowest BCUT2D eigenvalue weighted by molar-refractivity contribution is 0.102. The van der Waals surface area contributed by atoms with E-state index in [0.717, 1.165) is 5.56 Å². The molecule has 0 aliphatic carbocycles. The van der Waals surface area contributed by atoms with Gasteiger partial charge < -0.3 is 10.1 Å². The maximum absolute atomic E-state index is 12.6. The third-order valence-corrected chi connectivity index (χ3v) is 5.70. The highest BCUT2D eigenvalue weighted by atomic mass is 35.5. The quantitative estimate of drug-likeness (QED) is 0.722. The molecule has 146 valence electrons.